The predicted octanol–water partition coefficient (Wildman–Crippen LogP) is 3.79. The van der Waals surface area contributed by atoms with Crippen LogP contribution in [0.15, 0.2) is 28.7 Å². The normalized spacial score (nSPS) is 20.2. The highest BCUT2D eigenvalue weighted by molar-refractivity contribution is 9.10. The molecule has 0 bridgehead atoms. The lowest BCUT2D eigenvalue weighted by atomic mass is 9.82. The minimum Gasteiger partial charge on any atom is -0.381 e. The lowest BCUT2D eigenvalue weighted by molar-refractivity contribution is 0.0231. The fourth-order valence-corrected chi connectivity index (χ4v) is 2.77. The summed E-state index contributed by atoms with van der Waals surface area (Å²) in [6.45, 7) is 7.56. The average molecular weight is 326 g/mol. The van der Waals surface area contributed by atoms with Crippen molar-refractivity contribution in [2.45, 2.75) is 39.2 Å². The molecule has 19 heavy (non-hydrogen) atoms. The number of nitrogens with one attached hydrogen (secondary N) is 1. The van der Waals surface area contributed by atoms with Crippen LogP contribution in [0.25, 0.3) is 0 Å². The monoisotopic (exact) mass is 325 g/mol. The van der Waals surface area contributed by atoms with E-state index in [2.05, 4.69) is 59.4 Å². The summed E-state index contributed by atoms with van der Waals surface area (Å²) in [4.78, 5) is 0. The van der Waals surface area contributed by atoms with Gasteiger partial charge in [0, 0.05) is 30.3 Å². The largest absolute Gasteiger partial charge is 0.381 e. The van der Waals surface area contributed by atoms with Crippen LogP contribution in [0.3, 0.4) is 0 Å². The summed E-state index contributed by atoms with van der Waals surface area (Å²) < 4.78 is 6.59. The van der Waals surface area contributed by atoms with E-state index >= 15 is 0 Å². The van der Waals surface area contributed by atoms with E-state index in [1.54, 1.807) is 0 Å². The summed E-state index contributed by atoms with van der Waals surface area (Å²) in [5.74, 6) is 0. The minimum absolute atomic E-state index is 0.409. The molecule has 1 heterocycles. The van der Waals surface area contributed by atoms with Gasteiger partial charge in [-0.25, -0.2) is 0 Å². The molecule has 106 valence electrons. The van der Waals surface area contributed by atoms with E-state index in [0.717, 1.165) is 30.7 Å². The smallest absolute Gasteiger partial charge is 0.0471 e. The first-order valence-corrected chi connectivity index (χ1v) is 7.92. The van der Waals surface area contributed by atoms with E-state index < -0.39 is 0 Å². The predicted molar refractivity (Wildman–Crippen MR) is 83.5 cm³/mol. The maximum absolute atomic E-state index is 5.45. The molecule has 3 heteroatoms. The second-order valence-electron chi connectivity index (χ2n) is 6.04. The van der Waals surface area contributed by atoms with Gasteiger partial charge in [0.1, 0.15) is 0 Å². The van der Waals surface area contributed by atoms with Crippen LogP contribution in [0.1, 0.15) is 32.3 Å². The summed E-state index contributed by atoms with van der Waals surface area (Å²) in [6, 6.07) is 9.13. The maximum Gasteiger partial charge on any atom is 0.0471 e. The number of halogens is 1. The van der Waals surface area contributed by atoms with Gasteiger partial charge in [-0.1, -0.05) is 35.0 Å². The zero-order chi connectivity index (χ0) is 13.7. The van der Waals surface area contributed by atoms with Crippen LogP contribution in [-0.2, 0) is 11.2 Å². The molecular weight excluding hydrogens is 302 g/mol. The van der Waals surface area contributed by atoms with Crippen LogP contribution in [-0.4, -0.2) is 25.8 Å². The third kappa shape index (κ3) is 4.90. The molecule has 2 nitrogen and oxygen atoms in total. The van der Waals surface area contributed by atoms with Crippen molar-refractivity contribution < 1.29 is 4.74 Å². The number of rotatable bonds is 5. The van der Waals surface area contributed by atoms with Crippen molar-refractivity contribution in [3.8, 4) is 0 Å². The van der Waals surface area contributed by atoms with Gasteiger partial charge in [0.2, 0.25) is 0 Å². The number of hydrogen-bond acceptors (Lipinski definition) is 2. The molecule has 0 aromatic heterocycles. The van der Waals surface area contributed by atoms with E-state index in [1.807, 2.05) is 0 Å². The topological polar surface area (TPSA) is 21.3 Å². The highest BCUT2D eigenvalue weighted by Crippen LogP contribution is 2.28. The van der Waals surface area contributed by atoms with E-state index in [9.17, 15) is 0 Å². The molecule has 0 radical (unpaired) electrons. The molecule has 1 aliphatic rings. The molecule has 1 fully saturated rings. The molecule has 0 saturated carbocycles. The van der Waals surface area contributed by atoms with Crippen LogP contribution in [0.5, 0.6) is 0 Å². The Balaban J connectivity index is 1.77. The zero-order valence-electron chi connectivity index (χ0n) is 11.9. The highest BCUT2D eigenvalue weighted by atomic mass is 79.9. The van der Waals surface area contributed by atoms with Crippen LogP contribution < -0.4 is 5.32 Å². The van der Waals surface area contributed by atoms with Crippen molar-refractivity contribution in [2.75, 3.05) is 19.8 Å². The summed E-state index contributed by atoms with van der Waals surface area (Å²) in [7, 11) is 0. The van der Waals surface area contributed by atoms with Gasteiger partial charge in [-0.15, -0.1) is 0 Å². The third-order valence-electron chi connectivity index (χ3n) is 4.03. The number of benzene rings is 1. The fraction of sp³-hybridized carbons (Fsp3) is 0.625. The van der Waals surface area contributed by atoms with Crippen molar-refractivity contribution in [1.82, 2.24) is 5.32 Å². The quantitative estimate of drug-likeness (QED) is 0.889. The van der Waals surface area contributed by atoms with Crippen molar-refractivity contribution in [2.24, 2.45) is 5.41 Å². The minimum atomic E-state index is 0.409. The molecule has 1 atom stereocenters. The first-order valence-electron chi connectivity index (χ1n) is 7.13. The van der Waals surface area contributed by atoms with Gasteiger partial charge in [-0.05, 0) is 49.3 Å². The summed E-state index contributed by atoms with van der Waals surface area (Å²) in [5.41, 5.74) is 1.80. The van der Waals surface area contributed by atoms with E-state index in [-0.39, 0.29) is 0 Å². The van der Waals surface area contributed by atoms with Gasteiger partial charge < -0.3 is 10.1 Å². The Morgan fingerprint density at radius 1 is 1.26 bits per heavy atom. The van der Waals surface area contributed by atoms with Gasteiger partial charge in [0.05, 0.1) is 0 Å². The molecule has 1 aliphatic heterocycles. The second kappa shape index (κ2) is 6.87. The third-order valence-corrected chi connectivity index (χ3v) is 4.56. The van der Waals surface area contributed by atoms with Crippen LogP contribution >= 0.6 is 15.9 Å². The number of ether oxygens (including phenoxy) is 1. The van der Waals surface area contributed by atoms with Gasteiger partial charge in [-0.2, -0.15) is 0 Å². The SMILES string of the molecule is CC(Cc1ccc(Br)cc1)NCC1(C)CCOCC1. The molecule has 1 saturated heterocycles. The Labute approximate surface area is 125 Å². The molecule has 0 spiro atoms. The van der Waals surface area contributed by atoms with E-state index in [0.29, 0.717) is 11.5 Å². The van der Waals surface area contributed by atoms with Crippen LogP contribution in [0.4, 0.5) is 0 Å². The van der Waals surface area contributed by atoms with Crippen LogP contribution in [0.2, 0.25) is 0 Å². The first-order chi connectivity index (χ1) is 9.07. The summed E-state index contributed by atoms with van der Waals surface area (Å²) in [6.07, 6.45) is 3.43. The Bertz CT molecular complexity index is 384. The molecule has 1 aromatic carbocycles. The Hall–Kier alpha value is -0.380. The molecular formula is C16H24BrNO. The second-order valence-corrected chi connectivity index (χ2v) is 6.95. The molecule has 1 N–H and O–H groups in total. The zero-order valence-corrected chi connectivity index (χ0v) is 13.5. The Kier molecular flexibility index (Phi) is 5.43. The van der Waals surface area contributed by atoms with Crippen molar-refractivity contribution >= 4 is 15.9 Å². The molecule has 2 rings (SSSR count). The van der Waals surface area contributed by atoms with Gasteiger partial charge in [0.15, 0.2) is 0 Å². The van der Waals surface area contributed by atoms with Crippen molar-refractivity contribution in [3.63, 3.8) is 0 Å². The lowest BCUT2D eigenvalue weighted by Gasteiger charge is -2.34. The first kappa shape index (κ1) is 15.0. The van der Waals surface area contributed by atoms with E-state index in [1.165, 1.54) is 18.4 Å². The van der Waals surface area contributed by atoms with Crippen molar-refractivity contribution in [3.05, 3.63) is 34.3 Å². The molecule has 1 unspecified atom stereocenters. The number of hydrogen-bond donors (Lipinski definition) is 1. The van der Waals surface area contributed by atoms with Gasteiger partial charge in [0.25, 0.3) is 0 Å². The van der Waals surface area contributed by atoms with Crippen LogP contribution in [0, 0.1) is 5.41 Å². The molecule has 0 aliphatic carbocycles. The van der Waals surface area contributed by atoms with E-state index in [4.69, 9.17) is 4.74 Å². The standard InChI is InChI=1S/C16H24BrNO/c1-13(11-14-3-5-15(17)6-4-14)18-12-16(2)7-9-19-10-8-16/h3-6,13,18H,7-12H2,1-2H3. The highest BCUT2D eigenvalue weighted by Gasteiger charge is 2.27. The Morgan fingerprint density at radius 3 is 2.53 bits per heavy atom. The average Bonchev–Trinajstić information content (AvgIpc) is 2.40. The lowest BCUT2D eigenvalue weighted by Crippen LogP contribution is -2.41. The summed E-state index contributed by atoms with van der Waals surface area (Å²) >= 11 is 3.47. The molecule has 0 amide bonds. The van der Waals surface area contributed by atoms with Gasteiger partial charge in [-0.3, -0.25) is 0 Å². The maximum atomic E-state index is 5.45. The Morgan fingerprint density at radius 2 is 1.89 bits per heavy atom. The fourth-order valence-electron chi connectivity index (χ4n) is 2.51. The molecule has 1 aromatic rings. The summed E-state index contributed by atoms with van der Waals surface area (Å²) in [5, 5.41) is 3.69. The van der Waals surface area contributed by atoms with Gasteiger partial charge >= 0.3 is 0 Å². The van der Waals surface area contributed by atoms with Crippen molar-refractivity contribution in [1.29, 1.82) is 0 Å².